The molecule has 1 saturated heterocycles. The van der Waals surface area contributed by atoms with E-state index in [1.54, 1.807) is 24.3 Å². The third kappa shape index (κ3) is 2.68. The van der Waals surface area contributed by atoms with Crippen molar-refractivity contribution >= 4 is 28.7 Å². The van der Waals surface area contributed by atoms with Crippen molar-refractivity contribution in [2.45, 2.75) is 5.92 Å². The Morgan fingerprint density at radius 3 is 2.15 bits per heavy atom. The van der Waals surface area contributed by atoms with Crippen molar-refractivity contribution in [3.05, 3.63) is 62.3 Å². The van der Waals surface area contributed by atoms with Gasteiger partial charge in [0.1, 0.15) is 5.92 Å². The number of nitrogens with zero attached hydrogens (tertiary/aromatic N) is 5. The van der Waals surface area contributed by atoms with Crippen LogP contribution < -0.4 is 16.0 Å². The molecule has 1 fully saturated rings. The van der Waals surface area contributed by atoms with Crippen LogP contribution in [0.4, 0.5) is 4.79 Å². The van der Waals surface area contributed by atoms with Crippen LogP contribution in [0, 0.1) is 5.92 Å². The van der Waals surface area contributed by atoms with Crippen molar-refractivity contribution in [3.8, 4) is 11.8 Å². The molecular weight excluding hydrogens is 430 g/mol. The molecule has 2 aliphatic heterocycles. The number of pyridine rings is 1. The average Bonchev–Trinajstić information content (AvgIpc) is 2.82. The van der Waals surface area contributed by atoms with Crippen LogP contribution >= 0.6 is 0 Å². The number of carbonyl (C=O) groups excluding carboxylic acids is 3. The molecule has 11 nitrogen and oxygen atoms in total. The maximum absolute atomic E-state index is 13.3. The average molecular weight is 449 g/mol. The quantitative estimate of drug-likeness (QED) is 0.497. The normalized spacial score (nSPS) is 18.4. The Labute approximate surface area is 186 Å². The number of barbiturate groups is 1. The van der Waals surface area contributed by atoms with Crippen LogP contribution in [0.3, 0.4) is 0 Å². The standard InChI is InChI=1S/C22H19N5O6/c1-24-17(28)14(18(29)25(2)21(24)31)13-11-9-10-7-5-6-8-12(10)23-16(11)33-20-15(13)19(30)26(3)22(32)27(20)4/h5-9,13-14H,1-4H3/t13-/m1/s1. The third-order valence-corrected chi connectivity index (χ3v) is 6.30. The second kappa shape index (κ2) is 6.86. The Bertz CT molecular complexity index is 1500. The summed E-state index contributed by atoms with van der Waals surface area (Å²) in [4.78, 5) is 70.9. The molecule has 4 heterocycles. The Kier molecular flexibility index (Phi) is 4.28. The molecule has 5 rings (SSSR count). The Morgan fingerprint density at radius 2 is 1.48 bits per heavy atom. The number of ether oxygens (including phenoxy) is 1. The van der Waals surface area contributed by atoms with E-state index in [-0.39, 0.29) is 17.3 Å². The van der Waals surface area contributed by atoms with Gasteiger partial charge in [-0.05, 0) is 12.1 Å². The highest BCUT2D eigenvalue weighted by Crippen LogP contribution is 2.47. The highest BCUT2D eigenvalue weighted by Gasteiger charge is 2.51. The Hall–Kier alpha value is -4.28. The van der Waals surface area contributed by atoms with Crippen LogP contribution in [0.1, 0.15) is 17.0 Å². The molecule has 11 heteroatoms. The van der Waals surface area contributed by atoms with Gasteiger partial charge in [0, 0.05) is 45.1 Å². The first-order valence-corrected chi connectivity index (χ1v) is 10.1. The maximum Gasteiger partial charge on any atom is 0.333 e. The van der Waals surface area contributed by atoms with Gasteiger partial charge in [-0.25, -0.2) is 14.6 Å². The van der Waals surface area contributed by atoms with Gasteiger partial charge in [0.15, 0.2) is 0 Å². The van der Waals surface area contributed by atoms with Crippen LogP contribution in [-0.2, 0) is 23.7 Å². The fourth-order valence-corrected chi connectivity index (χ4v) is 4.48. The lowest BCUT2D eigenvalue weighted by Gasteiger charge is -2.38. The summed E-state index contributed by atoms with van der Waals surface area (Å²) in [6.07, 6.45) is 0. The number of rotatable bonds is 1. The number of carbonyl (C=O) groups is 3. The van der Waals surface area contributed by atoms with Gasteiger partial charge in [-0.15, -0.1) is 0 Å². The molecule has 1 aromatic carbocycles. The summed E-state index contributed by atoms with van der Waals surface area (Å²) in [6.45, 7) is 0. The minimum absolute atomic E-state index is 0.0213. The number of para-hydroxylation sites is 1. The summed E-state index contributed by atoms with van der Waals surface area (Å²) in [5.74, 6) is -4.06. The van der Waals surface area contributed by atoms with E-state index in [1.807, 2.05) is 6.07 Å². The second-order valence-corrected chi connectivity index (χ2v) is 8.13. The van der Waals surface area contributed by atoms with Crippen LogP contribution in [0.25, 0.3) is 10.9 Å². The fraction of sp³-hybridized carbons (Fsp3) is 0.273. The summed E-state index contributed by atoms with van der Waals surface area (Å²) in [6, 6.07) is 8.13. The zero-order valence-electron chi connectivity index (χ0n) is 18.2. The lowest BCUT2D eigenvalue weighted by atomic mass is 9.78. The largest absolute Gasteiger partial charge is 0.421 e. The molecule has 0 aliphatic carbocycles. The minimum atomic E-state index is -1.42. The van der Waals surface area contributed by atoms with E-state index >= 15 is 0 Å². The summed E-state index contributed by atoms with van der Waals surface area (Å²) in [5, 5.41) is 0.712. The van der Waals surface area contributed by atoms with Crippen LogP contribution in [0.5, 0.6) is 11.8 Å². The first kappa shape index (κ1) is 20.6. The van der Waals surface area contributed by atoms with Gasteiger partial charge in [0.05, 0.1) is 11.1 Å². The fourth-order valence-electron chi connectivity index (χ4n) is 4.48. The lowest BCUT2D eigenvalue weighted by Crippen LogP contribution is -2.59. The zero-order chi connectivity index (χ0) is 23.8. The zero-order valence-corrected chi connectivity index (χ0v) is 18.2. The number of aromatic nitrogens is 3. The third-order valence-electron chi connectivity index (χ3n) is 6.30. The smallest absolute Gasteiger partial charge is 0.333 e. The first-order valence-electron chi connectivity index (χ1n) is 10.1. The van der Waals surface area contributed by atoms with E-state index in [4.69, 9.17) is 4.74 Å². The molecule has 0 saturated carbocycles. The van der Waals surface area contributed by atoms with Crippen LogP contribution in [-0.4, -0.2) is 55.9 Å². The number of hydrogen-bond donors (Lipinski definition) is 0. The van der Waals surface area contributed by atoms with E-state index < -0.39 is 40.9 Å². The van der Waals surface area contributed by atoms with Gasteiger partial charge in [-0.2, -0.15) is 0 Å². The van der Waals surface area contributed by atoms with E-state index in [2.05, 4.69) is 4.98 Å². The molecule has 0 spiro atoms. The number of amides is 4. The lowest BCUT2D eigenvalue weighted by molar-refractivity contribution is -0.148. The molecule has 4 amide bonds. The molecule has 0 bridgehead atoms. The van der Waals surface area contributed by atoms with Gasteiger partial charge in [-0.3, -0.25) is 33.3 Å². The van der Waals surface area contributed by atoms with E-state index in [0.717, 1.165) is 18.9 Å². The van der Waals surface area contributed by atoms with Crippen molar-refractivity contribution < 1.29 is 19.1 Å². The first-order chi connectivity index (χ1) is 15.6. The monoisotopic (exact) mass is 449 g/mol. The molecule has 2 aromatic heterocycles. The topological polar surface area (TPSA) is 124 Å². The summed E-state index contributed by atoms with van der Waals surface area (Å²) >= 11 is 0. The van der Waals surface area contributed by atoms with Gasteiger partial charge in [0.25, 0.3) is 5.56 Å². The molecular formula is C22H19N5O6. The number of hydrogen-bond acceptors (Lipinski definition) is 7. The SMILES string of the molecule is CN1C(=O)C([C@H]2c3cc4ccccc4nc3Oc3c2c(=O)n(C)c(=O)n3C)C(=O)N(C)C1=O. The molecule has 0 N–H and O–H groups in total. The van der Waals surface area contributed by atoms with Gasteiger partial charge in [0.2, 0.25) is 23.6 Å². The van der Waals surface area contributed by atoms with Crippen LogP contribution in [0.2, 0.25) is 0 Å². The molecule has 0 unspecified atom stereocenters. The van der Waals surface area contributed by atoms with Gasteiger partial charge in [-0.1, -0.05) is 18.2 Å². The molecule has 3 aromatic rings. The predicted molar refractivity (Wildman–Crippen MR) is 115 cm³/mol. The summed E-state index contributed by atoms with van der Waals surface area (Å²) < 4.78 is 7.95. The molecule has 33 heavy (non-hydrogen) atoms. The minimum Gasteiger partial charge on any atom is -0.421 e. The number of imide groups is 2. The van der Waals surface area contributed by atoms with Crippen molar-refractivity contribution in [2.75, 3.05) is 14.1 Å². The van der Waals surface area contributed by atoms with Crippen molar-refractivity contribution in [3.63, 3.8) is 0 Å². The summed E-state index contributed by atoms with van der Waals surface area (Å²) in [5.41, 5.74) is -0.406. The van der Waals surface area contributed by atoms with Crippen LogP contribution in [0.15, 0.2) is 39.9 Å². The second-order valence-electron chi connectivity index (χ2n) is 8.13. The van der Waals surface area contributed by atoms with Crippen molar-refractivity contribution in [1.82, 2.24) is 23.9 Å². The van der Waals surface area contributed by atoms with E-state index in [0.29, 0.717) is 16.5 Å². The van der Waals surface area contributed by atoms with Gasteiger partial charge < -0.3 is 4.74 Å². The van der Waals surface area contributed by atoms with Crippen molar-refractivity contribution in [1.29, 1.82) is 0 Å². The maximum atomic E-state index is 13.3. The highest BCUT2D eigenvalue weighted by molar-refractivity contribution is 6.16. The summed E-state index contributed by atoms with van der Waals surface area (Å²) in [7, 11) is 5.29. The van der Waals surface area contributed by atoms with E-state index in [1.165, 1.54) is 28.2 Å². The molecule has 1 atom stereocenters. The predicted octanol–water partition coefficient (Wildman–Crippen LogP) is 0.536. The number of fused-ring (bicyclic) bond motifs is 3. The number of urea groups is 1. The molecule has 0 radical (unpaired) electrons. The Balaban J connectivity index is 1.87. The van der Waals surface area contributed by atoms with Crippen molar-refractivity contribution in [2.24, 2.45) is 20.0 Å². The Morgan fingerprint density at radius 1 is 0.848 bits per heavy atom. The highest BCUT2D eigenvalue weighted by atomic mass is 16.5. The number of benzene rings is 1. The van der Waals surface area contributed by atoms with E-state index in [9.17, 15) is 24.0 Å². The molecule has 168 valence electrons. The molecule has 2 aliphatic rings. The van der Waals surface area contributed by atoms with Gasteiger partial charge >= 0.3 is 11.7 Å².